The van der Waals surface area contributed by atoms with Crippen LogP contribution >= 0.6 is 11.8 Å². The Morgan fingerprint density at radius 2 is 1.74 bits per heavy atom. The molecule has 7 nitrogen and oxygen atoms in total. The van der Waals surface area contributed by atoms with E-state index < -0.39 is 0 Å². The summed E-state index contributed by atoms with van der Waals surface area (Å²) in [6.07, 6.45) is 0. The molecule has 0 saturated carbocycles. The van der Waals surface area contributed by atoms with Gasteiger partial charge in [-0.3, -0.25) is 4.79 Å². The number of ether oxygens (including phenoxy) is 2. The molecule has 1 aromatic heterocycles. The van der Waals surface area contributed by atoms with Crippen LogP contribution in [-0.4, -0.2) is 33.5 Å². The van der Waals surface area contributed by atoms with Gasteiger partial charge in [0.2, 0.25) is 5.91 Å². The maximum Gasteiger partial charge on any atom is 0.234 e. The van der Waals surface area contributed by atoms with Gasteiger partial charge in [-0.15, -0.1) is 10.2 Å². The van der Waals surface area contributed by atoms with Gasteiger partial charge in [-0.2, -0.15) is 0 Å². The van der Waals surface area contributed by atoms with Gasteiger partial charge in [-0.1, -0.05) is 48.2 Å². The maximum atomic E-state index is 12.5. The number of hydrogen-bond donors (Lipinski definition) is 1. The van der Waals surface area contributed by atoms with Crippen molar-refractivity contribution in [2.75, 3.05) is 18.2 Å². The first-order valence-corrected chi connectivity index (χ1v) is 10.7. The highest BCUT2D eigenvalue weighted by atomic mass is 32.2. The Morgan fingerprint density at radius 1 is 1.00 bits per heavy atom. The van der Waals surface area contributed by atoms with E-state index >= 15 is 0 Å². The first-order chi connectivity index (χ1) is 15.1. The number of benzene rings is 3. The minimum absolute atomic E-state index is 0.0969. The maximum absolute atomic E-state index is 12.5. The lowest BCUT2D eigenvalue weighted by atomic mass is 10.1. The second kappa shape index (κ2) is 9.53. The van der Waals surface area contributed by atoms with Crippen LogP contribution in [0.5, 0.6) is 11.5 Å². The second-order valence-corrected chi connectivity index (χ2v) is 7.73. The first-order valence-electron chi connectivity index (χ1n) is 9.69. The summed E-state index contributed by atoms with van der Waals surface area (Å²) in [7, 11) is 3.48. The number of nitrogens with one attached hydrogen (secondary N) is 1. The van der Waals surface area contributed by atoms with E-state index in [-0.39, 0.29) is 18.3 Å². The van der Waals surface area contributed by atoms with Gasteiger partial charge >= 0.3 is 0 Å². The SMILES string of the molecule is COc1ccc(OCc2nnc(SCC(=O)Nc3cccc4ccccc34)n2C)cc1. The van der Waals surface area contributed by atoms with Crippen LogP contribution in [0.3, 0.4) is 0 Å². The molecular weight excluding hydrogens is 412 g/mol. The van der Waals surface area contributed by atoms with Gasteiger partial charge in [0.05, 0.1) is 12.9 Å². The molecular formula is C23H22N4O3S. The van der Waals surface area contributed by atoms with Gasteiger partial charge in [0.15, 0.2) is 11.0 Å². The molecule has 0 atom stereocenters. The smallest absolute Gasteiger partial charge is 0.234 e. The molecule has 0 aliphatic rings. The summed E-state index contributed by atoms with van der Waals surface area (Å²) in [5, 5.41) is 14.1. The topological polar surface area (TPSA) is 78.3 Å². The Balaban J connectivity index is 1.33. The van der Waals surface area contributed by atoms with Crippen LogP contribution in [0.2, 0.25) is 0 Å². The lowest BCUT2D eigenvalue weighted by molar-refractivity contribution is -0.113. The van der Waals surface area contributed by atoms with E-state index in [2.05, 4.69) is 15.5 Å². The molecule has 31 heavy (non-hydrogen) atoms. The van der Waals surface area contributed by atoms with Crippen molar-refractivity contribution >= 4 is 34.1 Å². The molecule has 0 aliphatic carbocycles. The number of nitrogens with zero attached hydrogens (tertiary/aromatic N) is 3. The fourth-order valence-electron chi connectivity index (χ4n) is 3.07. The molecule has 8 heteroatoms. The number of amides is 1. The number of carbonyl (C=O) groups excluding carboxylic acids is 1. The average Bonchev–Trinajstić information content (AvgIpc) is 3.16. The first kappa shape index (κ1) is 20.7. The number of rotatable bonds is 8. The van der Waals surface area contributed by atoms with E-state index in [0.29, 0.717) is 16.7 Å². The van der Waals surface area contributed by atoms with E-state index in [4.69, 9.17) is 9.47 Å². The van der Waals surface area contributed by atoms with Crippen molar-refractivity contribution in [3.05, 3.63) is 72.6 Å². The van der Waals surface area contributed by atoms with E-state index in [1.165, 1.54) is 11.8 Å². The Bertz CT molecular complexity index is 1190. The Morgan fingerprint density at radius 3 is 2.55 bits per heavy atom. The summed E-state index contributed by atoms with van der Waals surface area (Å²) in [6, 6.07) is 21.2. The molecule has 0 fully saturated rings. The minimum Gasteiger partial charge on any atom is -0.497 e. The summed E-state index contributed by atoms with van der Waals surface area (Å²) in [4.78, 5) is 12.5. The van der Waals surface area contributed by atoms with Crippen LogP contribution in [-0.2, 0) is 18.4 Å². The molecule has 0 radical (unpaired) electrons. The van der Waals surface area contributed by atoms with Crippen molar-refractivity contribution in [2.45, 2.75) is 11.8 Å². The molecule has 1 amide bonds. The normalized spacial score (nSPS) is 10.8. The Kier molecular flexibility index (Phi) is 6.37. The van der Waals surface area contributed by atoms with Crippen molar-refractivity contribution in [3.8, 4) is 11.5 Å². The zero-order chi connectivity index (χ0) is 21.6. The van der Waals surface area contributed by atoms with E-state index in [1.807, 2.05) is 78.3 Å². The summed E-state index contributed by atoms with van der Waals surface area (Å²) < 4.78 is 12.7. The zero-order valence-electron chi connectivity index (χ0n) is 17.2. The predicted molar refractivity (Wildman–Crippen MR) is 122 cm³/mol. The highest BCUT2D eigenvalue weighted by Gasteiger charge is 2.13. The third-order valence-electron chi connectivity index (χ3n) is 4.75. The number of thioether (sulfide) groups is 1. The quantitative estimate of drug-likeness (QED) is 0.417. The number of hydrogen-bond acceptors (Lipinski definition) is 6. The van der Waals surface area contributed by atoms with Crippen molar-refractivity contribution < 1.29 is 14.3 Å². The van der Waals surface area contributed by atoms with Crippen LogP contribution in [0.1, 0.15) is 5.82 Å². The average molecular weight is 435 g/mol. The highest BCUT2D eigenvalue weighted by Crippen LogP contribution is 2.24. The second-order valence-electron chi connectivity index (χ2n) is 6.79. The molecule has 4 aromatic rings. The van der Waals surface area contributed by atoms with Crippen LogP contribution in [0, 0.1) is 0 Å². The molecule has 0 aliphatic heterocycles. The lowest BCUT2D eigenvalue weighted by Crippen LogP contribution is -2.14. The molecule has 4 rings (SSSR count). The molecule has 0 unspecified atom stereocenters. The van der Waals surface area contributed by atoms with E-state index in [0.717, 1.165) is 22.2 Å². The summed E-state index contributed by atoms with van der Waals surface area (Å²) in [6.45, 7) is 0.276. The predicted octanol–water partition coefficient (Wildman–Crippen LogP) is 4.29. The third kappa shape index (κ3) is 4.97. The van der Waals surface area contributed by atoms with Gasteiger partial charge < -0.3 is 19.4 Å². The summed E-state index contributed by atoms with van der Waals surface area (Å²) in [5.41, 5.74) is 0.801. The molecule has 158 valence electrons. The number of aromatic nitrogens is 3. The van der Waals surface area contributed by atoms with E-state index in [9.17, 15) is 4.79 Å². The summed E-state index contributed by atoms with van der Waals surface area (Å²) in [5.74, 6) is 2.29. The van der Waals surface area contributed by atoms with Crippen LogP contribution in [0.25, 0.3) is 10.8 Å². The van der Waals surface area contributed by atoms with Crippen LogP contribution < -0.4 is 14.8 Å². The minimum atomic E-state index is -0.0969. The van der Waals surface area contributed by atoms with Gasteiger partial charge in [0.1, 0.15) is 18.1 Å². The van der Waals surface area contributed by atoms with Crippen LogP contribution in [0.4, 0.5) is 5.69 Å². The molecule has 0 spiro atoms. The van der Waals surface area contributed by atoms with Gasteiger partial charge in [-0.05, 0) is 35.7 Å². The zero-order valence-corrected chi connectivity index (χ0v) is 18.1. The molecule has 1 N–H and O–H groups in total. The fraction of sp³-hybridized carbons (Fsp3) is 0.174. The van der Waals surface area contributed by atoms with Crippen molar-refractivity contribution in [1.82, 2.24) is 14.8 Å². The van der Waals surface area contributed by atoms with Crippen molar-refractivity contribution in [2.24, 2.45) is 7.05 Å². The number of carbonyl (C=O) groups is 1. The van der Waals surface area contributed by atoms with E-state index in [1.54, 1.807) is 7.11 Å². The number of anilines is 1. The molecule has 0 saturated heterocycles. The number of methoxy groups -OCH3 is 1. The van der Waals surface area contributed by atoms with Gasteiger partial charge in [-0.25, -0.2) is 0 Å². The van der Waals surface area contributed by atoms with Crippen molar-refractivity contribution in [1.29, 1.82) is 0 Å². The summed E-state index contributed by atoms with van der Waals surface area (Å²) >= 11 is 1.33. The number of fused-ring (bicyclic) bond motifs is 1. The Labute approximate surface area is 184 Å². The van der Waals surface area contributed by atoms with Crippen LogP contribution in [0.15, 0.2) is 71.9 Å². The van der Waals surface area contributed by atoms with Gasteiger partial charge in [0, 0.05) is 18.1 Å². The van der Waals surface area contributed by atoms with Crippen molar-refractivity contribution in [3.63, 3.8) is 0 Å². The highest BCUT2D eigenvalue weighted by molar-refractivity contribution is 7.99. The largest absolute Gasteiger partial charge is 0.497 e. The standard InChI is InChI=1S/C23H22N4O3S/c1-27-21(14-30-18-12-10-17(29-2)11-13-18)25-26-23(27)31-15-22(28)24-20-9-5-7-16-6-3-4-8-19(16)20/h3-13H,14-15H2,1-2H3,(H,24,28). The lowest BCUT2D eigenvalue weighted by Gasteiger charge is -2.09. The fourth-order valence-corrected chi connectivity index (χ4v) is 3.80. The molecule has 0 bridgehead atoms. The molecule has 3 aromatic carbocycles. The monoisotopic (exact) mass is 434 g/mol. The van der Waals surface area contributed by atoms with Gasteiger partial charge in [0.25, 0.3) is 0 Å². The third-order valence-corrected chi connectivity index (χ3v) is 5.77. The Hall–Kier alpha value is -3.52. The molecule has 1 heterocycles.